The molecule has 1 heterocycles. The van der Waals surface area contributed by atoms with Crippen LogP contribution in [0.5, 0.6) is 0 Å². The number of hydrogen-bond donors (Lipinski definition) is 3. The Hall–Kier alpha value is -2.82. The minimum absolute atomic E-state index is 0.00371. The van der Waals surface area contributed by atoms with E-state index in [1.807, 2.05) is 13.0 Å². The molecule has 9 nitrogen and oxygen atoms in total. The van der Waals surface area contributed by atoms with Crippen LogP contribution in [-0.4, -0.2) is 57.3 Å². The summed E-state index contributed by atoms with van der Waals surface area (Å²) >= 11 is 0. The number of carbonyl (C=O) groups is 2. The first-order valence-corrected chi connectivity index (χ1v) is 10.3. The smallest absolute Gasteiger partial charge is 0.240 e. The zero-order valence-electron chi connectivity index (χ0n) is 16.8. The summed E-state index contributed by atoms with van der Waals surface area (Å²) in [5.74, 6) is -0.226. The summed E-state index contributed by atoms with van der Waals surface area (Å²) < 4.78 is 26.3. The Morgan fingerprint density at radius 2 is 1.69 bits per heavy atom. The predicted molar refractivity (Wildman–Crippen MR) is 111 cm³/mol. The summed E-state index contributed by atoms with van der Waals surface area (Å²) in [6.45, 7) is 3.52. The van der Waals surface area contributed by atoms with Crippen molar-refractivity contribution in [2.45, 2.75) is 18.7 Å². The molecule has 0 fully saturated rings. The van der Waals surface area contributed by atoms with Crippen molar-refractivity contribution in [3.63, 3.8) is 0 Å². The van der Waals surface area contributed by atoms with E-state index < -0.39 is 10.0 Å². The number of likely N-dealkylation sites (N-methyl/N-ethyl adjacent to an activating group) is 1. The van der Waals surface area contributed by atoms with E-state index in [1.54, 1.807) is 38.4 Å². The summed E-state index contributed by atoms with van der Waals surface area (Å²) in [7, 11) is -0.671. The van der Waals surface area contributed by atoms with Gasteiger partial charge in [-0.2, -0.15) is 0 Å². The van der Waals surface area contributed by atoms with Crippen molar-refractivity contribution in [3.05, 3.63) is 47.7 Å². The molecule has 0 aliphatic rings. The first-order chi connectivity index (χ1) is 13.6. The molecule has 0 radical (unpaired) electrons. The highest BCUT2D eigenvalue weighted by atomic mass is 32.2. The van der Waals surface area contributed by atoms with Crippen LogP contribution in [0.4, 0.5) is 11.5 Å². The molecule has 0 bridgehead atoms. The number of aromatic nitrogens is 1. The highest BCUT2D eigenvalue weighted by Crippen LogP contribution is 2.19. The van der Waals surface area contributed by atoms with Crippen LogP contribution in [-0.2, 0) is 19.6 Å². The fraction of sp³-hybridized carbons (Fsp3) is 0.316. The standard InChI is InChI=1S/C19H25N5O4S/c1-13-5-8-17(21-10-13)23-19(26)12-24(4)11-18(25)22-15-7-6-14(2)16(9-15)29(27,28)20-3/h5-10,20H,11-12H2,1-4H3,(H,22,25)(H,21,23,26). The number of sulfonamides is 1. The normalized spacial score (nSPS) is 11.3. The summed E-state index contributed by atoms with van der Waals surface area (Å²) in [6.07, 6.45) is 1.65. The van der Waals surface area contributed by atoms with Gasteiger partial charge in [-0.3, -0.25) is 14.5 Å². The SMILES string of the molecule is CNS(=O)(=O)c1cc(NC(=O)CN(C)CC(=O)Nc2ccc(C)cn2)ccc1C. The van der Waals surface area contributed by atoms with Crippen molar-refractivity contribution in [3.8, 4) is 0 Å². The van der Waals surface area contributed by atoms with Crippen LogP contribution >= 0.6 is 0 Å². The van der Waals surface area contributed by atoms with E-state index in [1.165, 1.54) is 18.0 Å². The molecule has 0 atom stereocenters. The Morgan fingerprint density at radius 3 is 2.28 bits per heavy atom. The lowest BCUT2D eigenvalue weighted by molar-refractivity contribution is -0.119. The van der Waals surface area contributed by atoms with E-state index in [-0.39, 0.29) is 29.8 Å². The average Bonchev–Trinajstić information content (AvgIpc) is 2.64. The van der Waals surface area contributed by atoms with Gasteiger partial charge in [-0.15, -0.1) is 0 Å². The maximum Gasteiger partial charge on any atom is 0.240 e. The second-order valence-electron chi connectivity index (χ2n) is 6.68. The number of aryl methyl sites for hydroxylation is 2. The van der Waals surface area contributed by atoms with Gasteiger partial charge in [0, 0.05) is 11.9 Å². The third-order valence-corrected chi connectivity index (χ3v) is 5.59. The summed E-state index contributed by atoms with van der Waals surface area (Å²) in [5.41, 5.74) is 1.91. The highest BCUT2D eigenvalue weighted by Gasteiger charge is 2.16. The van der Waals surface area contributed by atoms with E-state index in [0.29, 0.717) is 17.1 Å². The lowest BCUT2D eigenvalue weighted by atomic mass is 10.2. The number of nitrogens with one attached hydrogen (secondary N) is 3. The molecule has 0 aliphatic heterocycles. The Kier molecular flexibility index (Phi) is 7.43. The fourth-order valence-corrected chi connectivity index (χ4v) is 3.54. The van der Waals surface area contributed by atoms with Gasteiger partial charge < -0.3 is 10.6 Å². The van der Waals surface area contributed by atoms with Gasteiger partial charge in [0.1, 0.15) is 5.82 Å². The Bertz CT molecular complexity index is 990. The van der Waals surface area contributed by atoms with Gasteiger partial charge in [0.2, 0.25) is 21.8 Å². The first kappa shape index (κ1) is 22.5. The highest BCUT2D eigenvalue weighted by molar-refractivity contribution is 7.89. The number of anilines is 2. The lowest BCUT2D eigenvalue weighted by Gasteiger charge is -2.16. The summed E-state index contributed by atoms with van der Waals surface area (Å²) in [4.78, 5) is 30.1. The second kappa shape index (κ2) is 9.59. The first-order valence-electron chi connectivity index (χ1n) is 8.86. The monoisotopic (exact) mass is 419 g/mol. The van der Waals surface area contributed by atoms with Gasteiger partial charge >= 0.3 is 0 Å². The largest absolute Gasteiger partial charge is 0.325 e. The number of hydrogen-bond acceptors (Lipinski definition) is 6. The van der Waals surface area contributed by atoms with Crippen LogP contribution < -0.4 is 15.4 Å². The van der Waals surface area contributed by atoms with E-state index >= 15 is 0 Å². The van der Waals surface area contributed by atoms with Crippen molar-refractivity contribution in [2.24, 2.45) is 0 Å². The Morgan fingerprint density at radius 1 is 1.03 bits per heavy atom. The minimum atomic E-state index is -3.63. The molecule has 29 heavy (non-hydrogen) atoms. The fourth-order valence-electron chi connectivity index (χ4n) is 2.55. The number of benzene rings is 1. The molecule has 156 valence electrons. The van der Waals surface area contributed by atoms with Gasteiger partial charge in [-0.25, -0.2) is 18.1 Å². The third-order valence-electron chi connectivity index (χ3n) is 4.04. The van der Waals surface area contributed by atoms with Crippen LogP contribution in [0.2, 0.25) is 0 Å². The van der Waals surface area contributed by atoms with Crippen LogP contribution in [0, 0.1) is 13.8 Å². The molecule has 10 heteroatoms. The number of rotatable bonds is 8. The molecular weight excluding hydrogens is 394 g/mol. The number of amides is 2. The molecule has 1 aromatic heterocycles. The zero-order valence-corrected chi connectivity index (χ0v) is 17.6. The van der Waals surface area contributed by atoms with Crippen molar-refractivity contribution in [2.75, 3.05) is 37.8 Å². The lowest BCUT2D eigenvalue weighted by Crippen LogP contribution is -2.36. The molecule has 0 spiro atoms. The minimum Gasteiger partial charge on any atom is -0.325 e. The van der Waals surface area contributed by atoms with E-state index in [4.69, 9.17) is 0 Å². The van der Waals surface area contributed by atoms with Crippen molar-refractivity contribution in [1.82, 2.24) is 14.6 Å². The summed E-state index contributed by atoms with van der Waals surface area (Å²) in [5, 5.41) is 5.31. The average molecular weight is 420 g/mol. The van der Waals surface area contributed by atoms with E-state index in [2.05, 4.69) is 20.3 Å². The Labute approximate surface area is 170 Å². The van der Waals surface area contributed by atoms with Gasteiger partial charge in [0.05, 0.1) is 18.0 Å². The van der Waals surface area contributed by atoms with Crippen LogP contribution in [0.15, 0.2) is 41.4 Å². The molecule has 0 unspecified atom stereocenters. The molecule has 2 amide bonds. The van der Waals surface area contributed by atoms with Crippen LogP contribution in [0.3, 0.4) is 0 Å². The Balaban J connectivity index is 1.92. The maximum atomic E-state index is 12.3. The second-order valence-corrected chi connectivity index (χ2v) is 8.53. The molecule has 3 N–H and O–H groups in total. The van der Waals surface area contributed by atoms with Gasteiger partial charge in [-0.05, 0) is 57.3 Å². The predicted octanol–water partition coefficient (Wildman–Crippen LogP) is 1.12. The van der Waals surface area contributed by atoms with Crippen molar-refractivity contribution >= 4 is 33.3 Å². The van der Waals surface area contributed by atoms with E-state index in [0.717, 1.165) is 5.56 Å². The molecule has 0 aliphatic carbocycles. The molecule has 2 aromatic rings. The van der Waals surface area contributed by atoms with Gasteiger partial charge in [0.15, 0.2) is 0 Å². The van der Waals surface area contributed by atoms with Gasteiger partial charge in [-0.1, -0.05) is 12.1 Å². The molecule has 1 aromatic carbocycles. The number of carbonyl (C=O) groups excluding carboxylic acids is 2. The number of nitrogens with zero attached hydrogens (tertiary/aromatic N) is 2. The maximum absolute atomic E-state index is 12.3. The third kappa shape index (κ3) is 6.63. The van der Waals surface area contributed by atoms with Crippen molar-refractivity contribution < 1.29 is 18.0 Å². The van der Waals surface area contributed by atoms with Crippen LogP contribution in [0.1, 0.15) is 11.1 Å². The molecule has 0 saturated carbocycles. The number of pyridine rings is 1. The van der Waals surface area contributed by atoms with E-state index in [9.17, 15) is 18.0 Å². The quantitative estimate of drug-likeness (QED) is 0.590. The van der Waals surface area contributed by atoms with Gasteiger partial charge in [0.25, 0.3) is 0 Å². The van der Waals surface area contributed by atoms with Crippen LogP contribution in [0.25, 0.3) is 0 Å². The topological polar surface area (TPSA) is 121 Å². The molecular formula is C19H25N5O4S. The molecule has 0 saturated heterocycles. The zero-order chi connectivity index (χ0) is 21.6. The molecule has 2 rings (SSSR count). The van der Waals surface area contributed by atoms with Crippen molar-refractivity contribution in [1.29, 1.82) is 0 Å². The summed E-state index contributed by atoms with van der Waals surface area (Å²) in [6, 6.07) is 8.18.